The monoisotopic (exact) mass is 271 g/mol. The molecular weight excluding hydrogens is 250 g/mol. The van der Waals surface area contributed by atoms with Crippen molar-refractivity contribution in [2.24, 2.45) is 0 Å². The first kappa shape index (κ1) is 14.1. The minimum Gasteiger partial charge on any atom is -0.480 e. The van der Waals surface area contributed by atoms with Crippen molar-refractivity contribution in [1.29, 1.82) is 0 Å². The van der Waals surface area contributed by atoms with Gasteiger partial charge in [-0.2, -0.15) is 0 Å². The molecule has 2 rings (SSSR count). The van der Waals surface area contributed by atoms with Gasteiger partial charge in [0.05, 0.1) is 0 Å². The van der Waals surface area contributed by atoms with Crippen molar-refractivity contribution >= 4 is 12.0 Å². The maximum atomic E-state index is 12.0. The van der Waals surface area contributed by atoms with Crippen molar-refractivity contribution in [1.82, 2.24) is 15.1 Å². The number of rotatable bonds is 4. The molecular formula is C12H21N3O4. The second-order valence-corrected chi connectivity index (χ2v) is 5.13. The predicted molar refractivity (Wildman–Crippen MR) is 67.8 cm³/mol. The average Bonchev–Trinajstić information content (AvgIpc) is 2.85. The highest BCUT2D eigenvalue weighted by Crippen LogP contribution is 2.21. The van der Waals surface area contributed by atoms with Gasteiger partial charge in [-0.3, -0.25) is 4.90 Å². The van der Waals surface area contributed by atoms with Crippen molar-refractivity contribution in [2.75, 3.05) is 32.8 Å². The van der Waals surface area contributed by atoms with Gasteiger partial charge in [0.15, 0.2) is 0 Å². The van der Waals surface area contributed by atoms with Crippen LogP contribution in [0.3, 0.4) is 0 Å². The number of fused-ring (bicyclic) bond motifs is 1. The summed E-state index contributed by atoms with van der Waals surface area (Å²) < 4.78 is 0. The molecule has 2 fully saturated rings. The summed E-state index contributed by atoms with van der Waals surface area (Å²) in [6, 6.07) is -0.938. The van der Waals surface area contributed by atoms with E-state index in [1.165, 1.54) is 6.42 Å². The highest BCUT2D eigenvalue weighted by Gasteiger charge is 2.33. The lowest BCUT2D eigenvalue weighted by Gasteiger charge is -2.37. The fourth-order valence-corrected chi connectivity index (χ4v) is 2.80. The van der Waals surface area contributed by atoms with Crippen LogP contribution in [-0.2, 0) is 4.79 Å². The molecule has 7 heteroatoms. The van der Waals surface area contributed by atoms with Crippen LogP contribution in [0.5, 0.6) is 0 Å². The van der Waals surface area contributed by atoms with Gasteiger partial charge in [-0.05, 0) is 19.4 Å². The van der Waals surface area contributed by atoms with Crippen LogP contribution in [-0.4, -0.2) is 76.9 Å². The van der Waals surface area contributed by atoms with E-state index in [1.54, 1.807) is 4.90 Å². The number of hydrogen-bond acceptors (Lipinski definition) is 4. The third-order valence-corrected chi connectivity index (χ3v) is 3.89. The van der Waals surface area contributed by atoms with Gasteiger partial charge in [0, 0.05) is 38.7 Å². The molecule has 2 aliphatic heterocycles. The topological polar surface area (TPSA) is 93.1 Å². The quantitative estimate of drug-likeness (QED) is 0.629. The van der Waals surface area contributed by atoms with Crippen LogP contribution < -0.4 is 5.32 Å². The number of nitrogens with zero attached hydrogens (tertiary/aromatic N) is 2. The molecule has 0 spiro atoms. The number of aliphatic hydroxyl groups excluding tert-OH is 1. The lowest BCUT2D eigenvalue weighted by Crippen LogP contribution is -2.56. The number of carboxylic acids is 1. The summed E-state index contributed by atoms with van der Waals surface area (Å²) in [7, 11) is 0. The van der Waals surface area contributed by atoms with Gasteiger partial charge in [-0.1, -0.05) is 0 Å². The molecule has 1 unspecified atom stereocenters. The Kier molecular flexibility index (Phi) is 4.60. The van der Waals surface area contributed by atoms with E-state index in [1.807, 2.05) is 0 Å². The lowest BCUT2D eigenvalue weighted by molar-refractivity contribution is -0.139. The molecule has 19 heavy (non-hydrogen) atoms. The first-order valence-electron chi connectivity index (χ1n) is 6.75. The summed E-state index contributed by atoms with van der Waals surface area (Å²) in [5.41, 5.74) is 0. The van der Waals surface area contributed by atoms with Crippen LogP contribution in [0, 0.1) is 0 Å². The van der Waals surface area contributed by atoms with E-state index in [-0.39, 0.29) is 19.1 Å². The lowest BCUT2D eigenvalue weighted by atomic mass is 10.1. The SMILES string of the molecule is O=C(O)[C@@H](CCO)NC(=O)N1CCN2CCCC2C1. The molecule has 2 aliphatic rings. The molecule has 0 aromatic rings. The van der Waals surface area contributed by atoms with Crippen molar-refractivity contribution in [3.05, 3.63) is 0 Å². The normalized spacial score (nSPS) is 24.9. The number of carboxylic acid groups (broad SMARTS) is 1. The van der Waals surface area contributed by atoms with Crippen LogP contribution in [0.1, 0.15) is 19.3 Å². The fraction of sp³-hybridized carbons (Fsp3) is 0.833. The molecule has 3 N–H and O–H groups in total. The van der Waals surface area contributed by atoms with E-state index >= 15 is 0 Å². The molecule has 0 bridgehead atoms. The van der Waals surface area contributed by atoms with Crippen LogP contribution in [0.2, 0.25) is 0 Å². The third-order valence-electron chi connectivity index (χ3n) is 3.89. The molecule has 2 atom stereocenters. The van der Waals surface area contributed by atoms with Gasteiger partial charge in [0.25, 0.3) is 0 Å². The number of nitrogens with one attached hydrogen (secondary N) is 1. The van der Waals surface area contributed by atoms with Crippen molar-refractivity contribution in [3.63, 3.8) is 0 Å². The van der Waals surface area contributed by atoms with E-state index < -0.39 is 12.0 Å². The van der Waals surface area contributed by atoms with E-state index in [4.69, 9.17) is 10.2 Å². The molecule has 0 radical (unpaired) electrons. The van der Waals surface area contributed by atoms with Gasteiger partial charge in [0.1, 0.15) is 6.04 Å². The largest absolute Gasteiger partial charge is 0.480 e. The number of carbonyl (C=O) groups excluding carboxylic acids is 1. The predicted octanol–water partition coefficient (Wildman–Crippen LogP) is -0.688. The molecule has 108 valence electrons. The number of hydrogen-bond donors (Lipinski definition) is 3. The van der Waals surface area contributed by atoms with Crippen LogP contribution in [0.4, 0.5) is 4.79 Å². The summed E-state index contributed by atoms with van der Waals surface area (Å²) in [5, 5.41) is 20.2. The molecule has 2 amide bonds. The standard InChI is InChI=1S/C12H21N3O4/c16-7-3-10(11(17)18)13-12(19)15-6-5-14-4-1-2-9(14)8-15/h9-10,16H,1-8H2,(H,13,19)(H,17,18)/t9?,10-/m1/s1. The zero-order chi connectivity index (χ0) is 13.8. The number of amides is 2. The second kappa shape index (κ2) is 6.21. The minimum absolute atomic E-state index is 0.0322. The number of aliphatic carboxylic acids is 1. The smallest absolute Gasteiger partial charge is 0.326 e. The fourth-order valence-electron chi connectivity index (χ4n) is 2.80. The van der Waals surface area contributed by atoms with Crippen molar-refractivity contribution in [3.8, 4) is 0 Å². The molecule has 7 nitrogen and oxygen atoms in total. The first-order chi connectivity index (χ1) is 9.11. The Bertz CT molecular complexity index is 350. The number of carbonyl (C=O) groups is 2. The Morgan fingerprint density at radius 2 is 2.11 bits per heavy atom. The molecule has 0 aliphatic carbocycles. The van der Waals surface area contributed by atoms with Crippen LogP contribution in [0.15, 0.2) is 0 Å². The molecule has 0 saturated carbocycles. The Morgan fingerprint density at radius 3 is 2.79 bits per heavy atom. The highest BCUT2D eigenvalue weighted by molar-refractivity contribution is 5.82. The van der Waals surface area contributed by atoms with Gasteiger partial charge in [0.2, 0.25) is 0 Å². The summed E-state index contributed by atoms with van der Waals surface area (Å²) in [5.74, 6) is -1.11. The molecule has 0 aromatic heterocycles. The molecule has 0 aromatic carbocycles. The van der Waals surface area contributed by atoms with Gasteiger partial charge < -0.3 is 20.4 Å². The van der Waals surface area contributed by atoms with Crippen LogP contribution >= 0.6 is 0 Å². The van der Waals surface area contributed by atoms with E-state index in [0.717, 1.165) is 19.5 Å². The zero-order valence-electron chi connectivity index (χ0n) is 10.9. The Balaban J connectivity index is 1.87. The van der Waals surface area contributed by atoms with Gasteiger partial charge in [-0.15, -0.1) is 0 Å². The Hall–Kier alpha value is -1.34. The highest BCUT2D eigenvalue weighted by atomic mass is 16.4. The van der Waals surface area contributed by atoms with Crippen molar-refractivity contribution in [2.45, 2.75) is 31.3 Å². The van der Waals surface area contributed by atoms with Crippen LogP contribution in [0.25, 0.3) is 0 Å². The second-order valence-electron chi connectivity index (χ2n) is 5.13. The first-order valence-corrected chi connectivity index (χ1v) is 6.75. The zero-order valence-corrected chi connectivity index (χ0v) is 10.9. The summed E-state index contributed by atoms with van der Waals surface area (Å²) >= 11 is 0. The van der Waals surface area contributed by atoms with Gasteiger partial charge in [-0.25, -0.2) is 9.59 Å². The van der Waals surface area contributed by atoms with E-state index in [9.17, 15) is 9.59 Å². The number of aliphatic hydroxyl groups is 1. The number of urea groups is 1. The van der Waals surface area contributed by atoms with Gasteiger partial charge >= 0.3 is 12.0 Å². The van der Waals surface area contributed by atoms with E-state index in [2.05, 4.69) is 10.2 Å². The maximum Gasteiger partial charge on any atom is 0.326 e. The van der Waals surface area contributed by atoms with E-state index in [0.29, 0.717) is 19.1 Å². The third kappa shape index (κ3) is 3.36. The average molecular weight is 271 g/mol. The summed E-state index contributed by atoms with van der Waals surface area (Å²) in [6.45, 7) is 3.00. The molecule has 2 heterocycles. The summed E-state index contributed by atoms with van der Waals surface area (Å²) in [6.07, 6.45) is 2.30. The molecule has 2 saturated heterocycles. The maximum absolute atomic E-state index is 12.0. The minimum atomic E-state index is -1.11. The number of piperazine rings is 1. The van der Waals surface area contributed by atoms with Crippen molar-refractivity contribution < 1.29 is 19.8 Å². The Morgan fingerprint density at radius 1 is 1.32 bits per heavy atom. The summed E-state index contributed by atoms with van der Waals surface area (Å²) in [4.78, 5) is 27.0. The Labute approximate surface area is 112 Å².